The van der Waals surface area contributed by atoms with Crippen molar-refractivity contribution in [3.8, 4) is 0 Å². The summed E-state index contributed by atoms with van der Waals surface area (Å²) in [5.41, 5.74) is 1.83. The maximum Gasteiger partial charge on any atom is 0.243 e. The lowest BCUT2D eigenvalue weighted by Crippen LogP contribution is -2.38. The zero-order valence-electron chi connectivity index (χ0n) is 16.1. The molecular weight excluding hydrogens is 398 g/mol. The van der Waals surface area contributed by atoms with Crippen molar-refractivity contribution in [3.63, 3.8) is 0 Å². The molecule has 4 rings (SSSR count). The maximum absolute atomic E-state index is 13.1. The van der Waals surface area contributed by atoms with Crippen molar-refractivity contribution in [2.75, 3.05) is 43.5 Å². The lowest BCUT2D eigenvalue weighted by molar-refractivity contribution is 0.387. The van der Waals surface area contributed by atoms with Crippen molar-refractivity contribution < 1.29 is 8.42 Å². The molecule has 1 saturated heterocycles. The Morgan fingerprint density at radius 3 is 2.36 bits per heavy atom. The smallest absolute Gasteiger partial charge is 0.243 e. The van der Waals surface area contributed by atoms with Crippen molar-refractivity contribution in [2.45, 2.75) is 30.7 Å². The number of fused-ring (bicyclic) bond motifs is 1. The zero-order chi connectivity index (χ0) is 19.9. The van der Waals surface area contributed by atoms with E-state index in [1.165, 1.54) is 4.31 Å². The Kier molecular flexibility index (Phi) is 5.20. The minimum atomic E-state index is -3.60. The molecule has 0 bridgehead atoms. The van der Waals surface area contributed by atoms with Gasteiger partial charge in [-0.15, -0.1) is 0 Å². The molecule has 0 amide bonds. The first-order valence-corrected chi connectivity index (χ1v) is 11.3. The van der Waals surface area contributed by atoms with E-state index < -0.39 is 10.0 Å². The van der Waals surface area contributed by atoms with Crippen LogP contribution in [-0.2, 0) is 23.0 Å². The van der Waals surface area contributed by atoms with E-state index in [-0.39, 0.29) is 11.4 Å². The number of halogens is 1. The van der Waals surface area contributed by atoms with Crippen LogP contribution in [0, 0.1) is 0 Å². The van der Waals surface area contributed by atoms with Gasteiger partial charge in [0.2, 0.25) is 16.0 Å². The van der Waals surface area contributed by atoms with Gasteiger partial charge in [0.05, 0.1) is 10.6 Å². The summed E-state index contributed by atoms with van der Waals surface area (Å²) in [6, 6.07) is 6.30. The molecule has 1 aromatic heterocycles. The van der Waals surface area contributed by atoms with Gasteiger partial charge in [0, 0.05) is 57.3 Å². The second-order valence-electron chi connectivity index (χ2n) is 7.40. The Hall–Kier alpha value is -1.90. The summed E-state index contributed by atoms with van der Waals surface area (Å²) in [6.07, 6.45) is 2.89. The van der Waals surface area contributed by atoms with Gasteiger partial charge in [-0.25, -0.2) is 13.4 Å². The predicted octanol–water partition coefficient (Wildman–Crippen LogP) is 2.54. The monoisotopic (exact) mass is 421 g/mol. The van der Waals surface area contributed by atoms with Crippen LogP contribution in [0.3, 0.4) is 0 Å². The first-order valence-electron chi connectivity index (χ1n) is 9.44. The second kappa shape index (κ2) is 7.50. The predicted molar refractivity (Wildman–Crippen MR) is 111 cm³/mol. The molecule has 2 aliphatic heterocycles. The van der Waals surface area contributed by atoms with Crippen molar-refractivity contribution in [1.82, 2.24) is 14.3 Å². The molecule has 2 aromatic rings. The van der Waals surface area contributed by atoms with Gasteiger partial charge in [0.25, 0.3) is 0 Å². The van der Waals surface area contributed by atoms with Gasteiger partial charge in [0.1, 0.15) is 5.82 Å². The minimum Gasteiger partial charge on any atom is -0.362 e. The van der Waals surface area contributed by atoms with E-state index in [2.05, 4.69) is 4.90 Å². The summed E-state index contributed by atoms with van der Waals surface area (Å²) < 4.78 is 27.7. The Morgan fingerprint density at radius 1 is 1.04 bits per heavy atom. The Bertz CT molecular complexity index is 973. The number of hydrogen-bond acceptors (Lipinski definition) is 6. The van der Waals surface area contributed by atoms with Gasteiger partial charge < -0.3 is 9.80 Å². The van der Waals surface area contributed by atoms with Gasteiger partial charge in [-0.05, 0) is 37.1 Å². The van der Waals surface area contributed by atoms with E-state index in [1.54, 1.807) is 24.3 Å². The largest absolute Gasteiger partial charge is 0.362 e. The first kappa shape index (κ1) is 19.4. The summed E-state index contributed by atoms with van der Waals surface area (Å²) in [7, 11) is 0.268. The molecule has 9 heteroatoms. The average molecular weight is 422 g/mol. The van der Waals surface area contributed by atoms with Crippen LogP contribution in [0.1, 0.15) is 24.1 Å². The molecule has 0 radical (unpaired) electrons. The molecule has 0 saturated carbocycles. The van der Waals surface area contributed by atoms with Crippen LogP contribution in [0.25, 0.3) is 0 Å². The molecule has 150 valence electrons. The molecule has 0 unspecified atom stereocenters. The average Bonchev–Trinajstić information content (AvgIpc) is 3.21. The molecule has 0 N–H and O–H groups in total. The third-order valence-corrected chi connectivity index (χ3v) is 7.37. The topological polar surface area (TPSA) is 69.6 Å². The van der Waals surface area contributed by atoms with E-state index in [0.29, 0.717) is 18.0 Å². The Morgan fingerprint density at radius 2 is 1.71 bits per heavy atom. The molecule has 28 heavy (non-hydrogen) atoms. The van der Waals surface area contributed by atoms with Gasteiger partial charge >= 0.3 is 0 Å². The van der Waals surface area contributed by atoms with E-state index in [0.717, 1.165) is 49.0 Å². The summed E-state index contributed by atoms with van der Waals surface area (Å²) in [5.74, 6) is 1.55. The summed E-state index contributed by atoms with van der Waals surface area (Å²) in [5, 5.41) is 0.515. The molecular formula is C19H24ClN5O2S. The lowest BCUT2D eigenvalue weighted by atomic mass is 10.1. The van der Waals surface area contributed by atoms with Crippen LogP contribution in [0.5, 0.6) is 0 Å². The van der Waals surface area contributed by atoms with Crippen LogP contribution in [0.15, 0.2) is 29.2 Å². The molecule has 2 aliphatic rings. The fourth-order valence-corrected chi connectivity index (χ4v) is 5.28. The molecule has 0 aliphatic carbocycles. The fourth-order valence-electron chi connectivity index (χ4n) is 3.75. The van der Waals surface area contributed by atoms with Crippen LogP contribution in [0.2, 0.25) is 5.02 Å². The highest BCUT2D eigenvalue weighted by Gasteiger charge is 2.32. The molecule has 0 atom stereocenters. The number of nitrogens with zero attached hydrogens (tertiary/aromatic N) is 5. The Balaban J connectivity index is 1.68. The van der Waals surface area contributed by atoms with Crippen molar-refractivity contribution in [1.29, 1.82) is 0 Å². The second-order valence-corrected chi connectivity index (χ2v) is 9.78. The highest BCUT2D eigenvalue weighted by molar-refractivity contribution is 7.89. The molecule has 3 heterocycles. The van der Waals surface area contributed by atoms with E-state index in [4.69, 9.17) is 21.6 Å². The van der Waals surface area contributed by atoms with Crippen molar-refractivity contribution >= 4 is 33.4 Å². The standard InChI is InChI=1S/C19H24ClN5O2S/c1-23(2)18-16-13-25(28(26,27)15-7-5-14(20)6-8-15)12-9-17(16)21-19(22-18)24-10-3-4-11-24/h5-8H,3-4,9-13H2,1-2H3. The highest BCUT2D eigenvalue weighted by atomic mass is 35.5. The normalized spacial score (nSPS) is 17.6. The van der Waals surface area contributed by atoms with Gasteiger partial charge in [-0.2, -0.15) is 9.29 Å². The number of sulfonamides is 1. The number of hydrogen-bond donors (Lipinski definition) is 0. The lowest BCUT2D eigenvalue weighted by Gasteiger charge is -2.31. The third kappa shape index (κ3) is 3.56. The number of anilines is 2. The molecule has 0 spiro atoms. The summed E-state index contributed by atoms with van der Waals surface area (Å²) in [6.45, 7) is 2.63. The van der Waals surface area contributed by atoms with E-state index >= 15 is 0 Å². The summed E-state index contributed by atoms with van der Waals surface area (Å²) >= 11 is 5.90. The fraction of sp³-hybridized carbons (Fsp3) is 0.474. The minimum absolute atomic E-state index is 0.251. The molecule has 1 fully saturated rings. The number of rotatable bonds is 4. The van der Waals surface area contributed by atoms with E-state index in [9.17, 15) is 8.42 Å². The van der Waals surface area contributed by atoms with Crippen molar-refractivity contribution in [3.05, 3.63) is 40.5 Å². The highest BCUT2D eigenvalue weighted by Crippen LogP contribution is 2.31. The Labute approximate surface area is 171 Å². The molecule has 1 aromatic carbocycles. The van der Waals surface area contributed by atoms with Crippen LogP contribution >= 0.6 is 11.6 Å². The number of benzene rings is 1. The van der Waals surface area contributed by atoms with Gasteiger partial charge in [0.15, 0.2) is 0 Å². The molecule has 7 nitrogen and oxygen atoms in total. The summed E-state index contributed by atoms with van der Waals surface area (Å²) in [4.78, 5) is 14.0. The zero-order valence-corrected chi connectivity index (χ0v) is 17.7. The van der Waals surface area contributed by atoms with Gasteiger partial charge in [-0.3, -0.25) is 0 Å². The van der Waals surface area contributed by atoms with E-state index in [1.807, 2.05) is 19.0 Å². The maximum atomic E-state index is 13.1. The van der Waals surface area contributed by atoms with Crippen LogP contribution in [-0.4, -0.2) is 56.4 Å². The SMILES string of the molecule is CN(C)c1nc(N2CCCC2)nc2c1CN(S(=O)(=O)c1ccc(Cl)cc1)CC2. The van der Waals surface area contributed by atoms with Crippen LogP contribution in [0.4, 0.5) is 11.8 Å². The third-order valence-electron chi connectivity index (χ3n) is 5.26. The van der Waals surface area contributed by atoms with Gasteiger partial charge in [-0.1, -0.05) is 11.6 Å². The quantitative estimate of drug-likeness (QED) is 0.755. The first-order chi connectivity index (χ1) is 13.4. The van der Waals surface area contributed by atoms with Crippen molar-refractivity contribution in [2.24, 2.45) is 0 Å². The number of aromatic nitrogens is 2. The van der Waals surface area contributed by atoms with Crippen LogP contribution < -0.4 is 9.80 Å².